The van der Waals surface area contributed by atoms with E-state index in [1.165, 1.54) is 21.3 Å². The largest absolute Gasteiger partial charge is 0.493 e. The molecule has 1 aliphatic heterocycles. The molecule has 1 aliphatic rings. The van der Waals surface area contributed by atoms with E-state index in [9.17, 15) is 18.0 Å². The summed E-state index contributed by atoms with van der Waals surface area (Å²) >= 11 is 0. The molecule has 1 fully saturated rings. The van der Waals surface area contributed by atoms with E-state index in [2.05, 4.69) is 11.8 Å². The fourth-order valence-electron chi connectivity index (χ4n) is 5.72. The third-order valence-electron chi connectivity index (χ3n) is 8.34. The first-order chi connectivity index (χ1) is 26.6. The molecule has 0 aromatic heterocycles. The molecule has 2 atom stereocenters. The van der Waals surface area contributed by atoms with Gasteiger partial charge in [0, 0.05) is 6.26 Å². The zero-order valence-corrected chi connectivity index (χ0v) is 32.1. The Morgan fingerprint density at radius 1 is 0.727 bits per heavy atom. The highest BCUT2D eigenvalue weighted by molar-refractivity contribution is 7.90. The maximum absolute atomic E-state index is 13.1. The summed E-state index contributed by atoms with van der Waals surface area (Å²) in [6, 6.07) is 23.4. The van der Waals surface area contributed by atoms with Gasteiger partial charge in [-0.05, 0) is 78.9 Å². The van der Waals surface area contributed by atoms with Crippen LogP contribution in [0.5, 0.6) is 40.2 Å². The summed E-state index contributed by atoms with van der Waals surface area (Å²) in [7, 11) is 0.805. The van der Waals surface area contributed by atoms with Gasteiger partial charge in [-0.1, -0.05) is 55.2 Å². The van der Waals surface area contributed by atoms with Crippen LogP contribution in [0, 0.1) is 11.8 Å². The van der Waals surface area contributed by atoms with Gasteiger partial charge in [0.05, 0.1) is 46.7 Å². The minimum atomic E-state index is -3.80. The number of rotatable bonds is 14. The Kier molecular flexibility index (Phi) is 13.9. The van der Waals surface area contributed by atoms with Gasteiger partial charge in [0.1, 0.15) is 23.0 Å². The lowest BCUT2D eigenvalue weighted by molar-refractivity contribution is 0.0435. The molecule has 5 rings (SSSR count). The number of methoxy groups -OCH3 is 3. The number of hydrogen-bond acceptors (Lipinski definition) is 12. The molecule has 14 heteroatoms. The summed E-state index contributed by atoms with van der Waals surface area (Å²) in [5.41, 5.74) is 1.38. The fourth-order valence-corrected chi connectivity index (χ4v) is 6.57. The fraction of sp³-hybridized carbons (Fsp3) is 0.317. The second-order valence-electron chi connectivity index (χ2n) is 12.2. The minimum absolute atomic E-state index is 0.0496. The third-order valence-corrected chi connectivity index (χ3v) is 9.45. The molecule has 0 bridgehead atoms. The first kappa shape index (κ1) is 40.3. The van der Waals surface area contributed by atoms with E-state index in [-0.39, 0.29) is 47.2 Å². The molecule has 1 heterocycles. The molecule has 1 saturated heterocycles. The Morgan fingerprint density at radius 3 is 1.75 bits per heavy atom. The number of nitrogens with zero attached hydrogens (tertiary/aromatic N) is 1. The number of carbonyl (C=O) groups excluding carboxylic acids is 2. The lowest BCUT2D eigenvalue weighted by atomic mass is 10.0. The van der Waals surface area contributed by atoms with E-state index in [1.54, 1.807) is 72.8 Å². The SMILES string of the molecule is CCCOc1c(OCC#CCN(C(=O)Oc2ccccc2)C(=O)Oc2ccccc2)cc([C@H]2CC[C@H](c3cc(OC)c(OC)c(OC)c3)O2)cc1S(C)(=O)=O. The summed E-state index contributed by atoms with van der Waals surface area (Å²) < 4.78 is 72.0. The molecule has 0 N–H and O–H groups in total. The van der Waals surface area contributed by atoms with Crippen molar-refractivity contribution in [3.05, 3.63) is 96.1 Å². The number of hydrogen-bond donors (Lipinski definition) is 0. The van der Waals surface area contributed by atoms with E-state index in [0.717, 1.165) is 11.8 Å². The van der Waals surface area contributed by atoms with Gasteiger partial charge < -0.3 is 37.9 Å². The average Bonchev–Trinajstić information content (AvgIpc) is 3.68. The number of amides is 2. The Morgan fingerprint density at radius 2 is 1.25 bits per heavy atom. The number of imide groups is 1. The second kappa shape index (κ2) is 18.9. The van der Waals surface area contributed by atoms with Crippen molar-refractivity contribution in [3.63, 3.8) is 0 Å². The standard InChI is InChI=1S/C41H43NO12S/c1-6-22-51-39-36(50-23-14-13-21-42(40(43)52-30-15-9-7-10-16-30)41(44)53-31-17-11-8-12-18-31)26-29(27-37(39)55(5,45)46)33-20-19-32(54-33)28-24-34(47-2)38(49-4)35(25-28)48-3/h7-12,15-18,24-27,32-33H,6,19-23H2,1-5H3/t32-,33-/m1/s1. The maximum atomic E-state index is 13.1. The Hall–Kier alpha value is -5.91. The van der Waals surface area contributed by atoms with Crippen LogP contribution in [0.2, 0.25) is 0 Å². The quantitative estimate of drug-likeness (QED) is 0.117. The normalized spacial score (nSPS) is 14.9. The van der Waals surface area contributed by atoms with Crippen LogP contribution in [0.15, 0.2) is 89.8 Å². The first-order valence-electron chi connectivity index (χ1n) is 17.4. The summed E-state index contributed by atoms with van der Waals surface area (Å²) in [5.74, 6) is 7.62. The number of para-hydroxylation sites is 2. The molecule has 0 radical (unpaired) electrons. The van der Waals surface area contributed by atoms with Crippen molar-refractivity contribution in [2.24, 2.45) is 0 Å². The van der Waals surface area contributed by atoms with E-state index < -0.39 is 34.7 Å². The predicted octanol–water partition coefficient (Wildman–Crippen LogP) is 7.58. The van der Waals surface area contributed by atoms with Crippen LogP contribution in [0.25, 0.3) is 0 Å². The maximum Gasteiger partial charge on any atom is 0.425 e. The zero-order chi connectivity index (χ0) is 39.4. The lowest BCUT2D eigenvalue weighted by Gasteiger charge is -2.20. The van der Waals surface area contributed by atoms with Gasteiger partial charge in [0.15, 0.2) is 32.8 Å². The van der Waals surface area contributed by atoms with Crippen LogP contribution < -0.4 is 33.2 Å². The van der Waals surface area contributed by atoms with Crippen LogP contribution in [-0.2, 0) is 14.6 Å². The van der Waals surface area contributed by atoms with Crippen LogP contribution in [-0.4, -0.2) is 72.8 Å². The molecule has 55 heavy (non-hydrogen) atoms. The van der Waals surface area contributed by atoms with Crippen molar-refractivity contribution in [2.45, 2.75) is 43.3 Å². The summed E-state index contributed by atoms with van der Waals surface area (Å²) in [4.78, 5) is 26.8. The van der Waals surface area contributed by atoms with E-state index in [0.29, 0.717) is 47.0 Å². The third kappa shape index (κ3) is 10.4. The number of benzene rings is 4. The van der Waals surface area contributed by atoms with Crippen LogP contribution >= 0.6 is 0 Å². The molecular weight excluding hydrogens is 731 g/mol. The highest BCUT2D eigenvalue weighted by Gasteiger charge is 2.32. The monoisotopic (exact) mass is 773 g/mol. The zero-order valence-electron chi connectivity index (χ0n) is 31.2. The first-order valence-corrected chi connectivity index (χ1v) is 19.3. The van der Waals surface area contributed by atoms with Crippen molar-refractivity contribution >= 4 is 22.0 Å². The molecule has 2 amide bonds. The molecule has 290 valence electrons. The van der Waals surface area contributed by atoms with Gasteiger partial charge in [-0.2, -0.15) is 4.90 Å². The molecule has 0 unspecified atom stereocenters. The number of sulfone groups is 1. The molecular formula is C41H43NO12S. The van der Waals surface area contributed by atoms with E-state index >= 15 is 0 Å². The van der Waals surface area contributed by atoms with Crippen molar-refractivity contribution in [3.8, 4) is 52.1 Å². The molecule has 0 spiro atoms. The highest BCUT2D eigenvalue weighted by atomic mass is 32.2. The molecule has 4 aromatic carbocycles. The lowest BCUT2D eigenvalue weighted by Crippen LogP contribution is -2.41. The Labute approximate surface area is 320 Å². The van der Waals surface area contributed by atoms with Crippen LogP contribution in [0.1, 0.15) is 49.5 Å². The van der Waals surface area contributed by atoms with Gasteiger partial charge in [-0.25, -0.2) is 18.0 Å². The molecule has 4 aromatic rings. The smallest absolute Gasteiger partial charge is 0.425 e. The van der Waals surface area contributed by atoms with Gasteiger partial charge in [-0.3, -0.25) is 0 Å². The molecule has 0 aliphatic carbocycles. The summed E-state index contributed by atoms with van der Waals surface area (Å²) in [5, 5.41) is 0. The van der Waals surface area contributed by atoms with Gasteiger partial charge in [0.2, 0.25) is 5.75 Å². The van der Waals surface area contributed by atoms with Crippen LogP contribution in [0.4, 0.5) is 9.59 Å². The van der Waals surface area contributed by atoms with Gasteiger partial charge >= 0.3 is 12.2 Å². The van der Waals surface area contributed by atoms with Crippen molar-refractivity contribution in [2.75, 3.05) is 47.3 Å². The van der Waals surface area contributed by atoms with Gasteiger partial charge in [-0.15, -0.1) is 0 Å². The molecule has 13 nitrogen and oxygen atoms in total. The molecule has 0 saturated carbocycles. The predicted molar refractivity (Wildman–Crippen MR) is 202 cm³/mol. The van der Waals surface area contributed by atoms with E-state index in [1.807, 2.05) is 19.1 Å². The number of carbonyl (C=O) groups is 2. The topological polar surface area (TPSA) is 145 Å². The summed E-state index contributed by atoms with van der Waals surface area (Å²) in [6.45, 7) is 1.49. The number of ether oxygens (including phenoxy) is 8. The van der Waals surface area contributed by atoms with Crippen molar-refractivity contribution in [1.82, 2.24) is 4.90 Å². The minimum Gasteiger partial charge on any atom is -0.493 e. The average molecular weight is 774 g/mol. The summed E-state index contributed by atoms with van der Waals surface area (Å²) in [6.07, 6.45) is 0.0837. The Bertz CT molecular complexity index is 2040. The Balaban J connectivity index is 1.38. The highest BCUT2D eigenvalue weighted by Crippen LogP contribution is 2.48. The van der Waals surface area contributed by atoms with Crippen LogP contribution in [0.3, 0.4) is 0 Å². The van der Waals surface area contributed by atoms with E-state index in [4.69, 9.17) is 37.9 Å². The van der Waals surface area contributed by atoms with Gasteiger partial charge in [0.25, 0.3) is 0 Å². The van der Waals surface area contributed by atoms with Crippen molar-refractivity contribution in [1.29, 1.82) is 0 Å². The second-order valence-corrected chi connectivity index (χ2v) is 14.2. The van der Waals surface area contributed by atoms with Crippen molar-refractivity contribution < 1.29 is 55.9 Å².